The van der Waals surface area contributed by atoms with E-state index in [9.17, 15) is 4.79 Å². The first kappa shape index (κ1) is 15.3. The number of hydrogen-bond donors (Lipinski definition) is 1. The van der Waals surface area contributed by atoms with Crippen molar-refractivity contribution in [3.63, 3.8) is 0 Å². The highest BCUT2D eigenvalue weighted by molar-refractivity contribution is 6.30. The Morgan fingerprint density at radius 3 is 2.63 bits per heavy atom. The van der Waals surface area contributed by atoms with Crippen LogP contribution in [0.4, 0.5) is 5.69 Å². The van der Waals surface area contributed by atoms with Crippen LogP contribution in [0.1, 0.15) is 5.56 Å². The zero-order valence-electron chi connectivity index (χ0n) is 10.9. The molecule has 0 aliphatic heterocycles. The van der Waals surface area contributed by atoms with E-state index in [-0.39, 0.29) is 6.54 Å². The van der Waals surface area contributed by atoms with Crippen LogP contribution < -0.4 is 4.90 Å². The van der Waals surface area contributed by atoms with Gasteiger partial charge in [0.1, 0.15) is 12.6 Å². The fraction of sp³-hybridized carbons (Fsp3) is 0.385. The molecule has 6 heteroatoms. The lowest BCUT2D eigenvalue weighted by molar-refractivity contribution is -0.135. The van der Waals surface area contributed by atoms with Crippen molar-refractivity contribution in [3.8, 4) is 6.07 Å². The summed E-state index contributed by atoms with van der Waals surface area (Å²) < 4.78 is 0. The van der Waals surface area contributed by atoms with Gasteiger partial charge in [0.05, 0.1) is 11.3 Å². The maximum absolute atomic E-state index is 10.9. The van der Waals surface area contributed by atoms with E-state index in [1.54, 1.807) is 23.1 Å². The molecule has 0 saturated heterocycles. The van der Waals surface area contributed by atoms with Crippen LogP contribution in [-0.4, -0.2) is 49.7 Å². The van der Waals surface area contributed by atoms with E-state index in [1.807, 2.05) is 25.1 Å². The molecule has 0 spiro atoms. The summed E-state index contributed by atoms with van der Waals surface area (Å²) in [5.41, 5.74) is 0.976. The molecule has 0 bridgehead atoms. The zero-order valence-corrected chi connectivity index (χ0v) is 11.7. The highest BCUT2D eigenvalue weighted by Gasteiger charge is 2.15. The monoisotopic (exact) mass is 281 g/mol. The van der Waals surface area contributed by atoms with Crippen LogP contribution >= 0.6 is 11.6 Å². The number of nitrogens with zero attached hydrogens (tertiary/aromatic N) is 3. The van der Waals surface area contributed by atoms with E-state index in [0.717, 1.165) is 0 Å². The van der Waals surface area contributed by atoms with Crippen molar-refractivity contribution in [2.75, 3.05) is 38.6 Å². The molecule has 102 valence electrons. The summed E-state index contributed by atoms with van der Waals surface area (Å²) in [4.78, 5) is 14.5. The molecule has 0 aliphatic carbocycles. The summed E-state index contributed by atoms with van der Waals surface area (Å²) in [5.74, 6) is -0.933. The quantitative estimate of drug-likeness (QED) is 0.859. The lowest BCUT2D eigenvalue weighted by atomic mass is 10.1. The topological polar surface area (TPSA) is 67.6 Å². The summed E-state index contributed by atoms with van der Waals surface area (Å²) >= 11 is 5.84. The van der Waals surface area contributed by atoms with Gasteiger partial charge in [-0.05, 0) is 32.3 Å². The van der Waals surface area contributed by atoms with Crippen molar-refractivity contribution in [2.24, 2.45) is 0 Å². The van der Waals surface area contributed by atoms with Gasteiger partial charge < -0.3 is 14.9 Å². The highest BCUT2D eigenvalue weighted by atomic mass is 35.5. The van der Waals surface area contributed by atoms with Crippen molar-refractivity contribution >= 4 is 23.3 Å². The van der Waals surface area contributed by atoms with Crippen LogP contribution in [0.3, 0.4) is 0 Å². The van der Waals surface area contributed by atoms with Crippen LogP contribution in [0, 0.1) is 11.3 Å². The van der Waals surface area contributed by atoms with Crippen LogP contribution in [-0.2, 0) is 4.79 Å². The highest BCUT2D eigenvalue weighted by Crippen LogP contribution is 2.23. The van der Waals surface area contributed by atoms with E-state index in [4.69, 9.17) is 22.0 Å². The van der Waals surface area contributed by atoms with Gasteiger partial charge in [0, 0.05) is 18.1 Å². The number of anilines is 1. The standard InChI is InChI=1S/C13H16ClN3O2/c1-16(2)5-6-17(9-13(18)19)12-4-3-11(14)7-10(12)8-15/h3-4,7H,5-6,9H2,1-2H3,(H,18,19). The molecule has 0 fully saturated rings. The smallest absolute Gasteiger partial charge is 0.323 e. The summed E-state index contributed by atoms with van der Waals surface area (Å²) in [6.07, 6.45) is 0. The molecule has 1 aromatic rings. The van der Waals surface area contributed by atoms with E-state index in [1.165, 1.54) is 0 Å². The minimum atomic E-state index is -0.933. The number of rotatable bonds is 6. The number of benzene rings is 1. The minimum absolute atomic E-state index is 0.149. The summed E-state index contributed by atoms with van der Waals surface area (Å²) in [6, 6.07) is 6.92. The van der Waals surface area contributed by atoms with Gasteiger partial charge in [0.25, 0.3) is 0 Å². The normalized spacial score (nSPS) is 10.3. The molecule has 5 nitrogen and oxygen atoms in total. The van der Waals surface area contributed by atoms with E-state index >= 15 is 0 Å². The maximum atomic E-state index is 10.9. The molecule has 1 aromatic carbocycles. The molecular weight excluding hydrogens is 266 g/mol. The zero-order chi connectivity index (χ0) is 14.4. The number of aliphatic carboxylic acids is 1. The molecule has 0 atom stereocenters. The summed E-state index contributed by atoms with van der Waals surface area (Å²) in [6.45, 7) is 1.07. The number of likely N-dealkylation sites (N-methyl/N-ethyl adjacent to an activating group) is 1. The first-order valence-corrected chi connectivity index (χ1v) is 6.13. The third kappa shape index (κ3) is 4.78. The Balaban J connectivity index is 3.02. The molecular formula is C13H16ClN3O2. The van der Waals surface area contributed by atoms with Crippen LogP contribution in [0.15, 0.2) is 18.2 Å². The molecule has 0 heterocycles. The second-order valence-electron chi connectivity index (χ2n) is 4.39. The Hall–Kier alpha value is -1.77. The molecule has 0 unspecified atom stereocenters. The van der Waals surface area contributed by atoms with Gasteiger partial charge in [-0.1, -0.05) is 11.6 Å². The Labute approximate surface area is 117 Å². The number of carbonyl (C=O) groups is 1. The first-order chi connectivity index (χ1) is 8.93. The SMILES string of the molecule is CN(C)CCN(CC(=O)O)c1ccc(Cl)cc1C#N. The van der Waals surface area contributed by atoms with Gasteiger partial charge in [0.2, 0.25) is 0 Å². The number of hydrogen-bond acceptors (Lipinski definition) is 4. The average Bonchev–Trinajstić information content (AvgIpc) is 2.33. The van der Waals surface area contributed by atoms with Crippen LogP contribution in [0.5, 0.6) is 0 Å². The molecule has 0 amide bonds. The largest absolute Gasteiger partial charge is 0.480 e. The van der Waals surface area contributed by atoms with E-state index in [0.29, 0.717) is 29.4 Å². The van der Waals surface area contributed by atoms with Gasteiger partial charge in [-0.15, -0.1) is 0 Å². The number of halogens is 1. The number of nitriles is 1. The second kappa shape index (κ2) is 6.98. The summed E-state index contributed by atoms with van der Waals surface area (Å²) in [7, 11) is 3.82. The molecule has 1 N–H and O–H groups in total. The lowest BCUT2D eigenvalue weighted by Crippen LogP contribution is -2.36. The third-order valence-electron chi connectivity index (χ3n) is 2.56. The molecule has 19 heavy (non-hydrogen) atoms. The van der Waals surface area contributed by atoms with Gasteiger partial charge in [-0.3, -0.25) is 4.79 Å². The fourth-order valence-corrected chi connectivity index (χ4v) is 1.81. The molecule has 0 radical (unpaired) electrons. The molecule has 0 aromatic heterocycles. The van der Waals surface area contributed by atoms with Gasteiger partial charge in [0.15, 0.2) is 0 Å². The van der Waals surface area contributed by atoms with Gasteiger partial charge in [-0.2, -0.15) is 5.26 Å². The lowest BCUT2D eigenvalue weighted by Gasteiger charge is -2.25. The van der Waals surface area contributed by atoms with Crippen molar-refractivity contribution in [1.82, 2.24) is 4.90 Å². The van der Waals surface area contributed by atoms with E-state index < -0.39 is 5.97 Å². The average molecular weight is 282 g/mol. The second-order valence-corrected chi connectivity index (χ2v) is 4.83. The Kier molecular flexibility index (Phi) is 5.61. The number of carboxylic acids is 1. The Morgan fingerprint density at radius 1 is 1.42 bits per heavy atom. The summed E-state index contributed by atoms with van der Waals surface area (Å²) in [5, 5.41) is 18.5. The number of carboxylic acid groups (broad SMARTS) is 1. The molecule has 0 saturated carbocycles. The van der Waals surface area contributed by atoms with E-state index in [2.05, 4.69) is 0 Å². The van der Waals surface area contributed by atoms with Crippen molar-refractivity contribution in [3.05, 3.63) is 28.8 Å². The van der Waals surface area contributed by atoms with Crippen LogP contribution in [0.2, 0.25) is 5.02 Å². The van der Waals surface area contributed by atoms with Gasteiger partial charge >= 0.3 is 5.97 Å². The predicted octanol–water partition coefficient (Wildman–Crippen LogP) is 1.66. The first-order valence-electron chi connectivity index (χ1n) is 5.75. The third-order valence-corrected chi connectivity index (χ3v) is 2.80. The van der Waals surface area contributed by atoms with Crippen molar-refractivity contribution in [2.45, 2.75) is 0 Å². The van der Waals surface area contributed by atoms with Crippen LogP contribution in [0.25, 0.3) is 0 Å². The molecule has 1 rings (SSSR count). The van der Waals surface area contributed by atoms with Crippen molar-refractivity contribution < 1.29 is 9.90 Å². The molecule has 0 aliphatic rings. The minimum Gasteiger partial charge on any atom is -0.480 e. The fourth-order valence-electron chi connectivity index (χ4n) is 1.64. The Morgan fingerprint density at radius 2 is 2.11 bits per heavy atom. The maximum Gasteiger partial charge on any atom is 0.323 e. The Bertz CT molecular complexity index is 497. The predicted molar refractivity (Wildman–Crippen MR) is 74.6 cm³/mol. The van der Waals surface area contributed by atoms with Crippen molar-refractivity contribution in [1.29, 1.82) is 5.26 Å². The van der Waals surface area contributed by atoms with Gasteiger partial charge in [-0.25, -0.2) is 0 Å².